The molecule has 2 N–H and O–H groups in total. The van der Waals surface area contributed by atoms with E-state index in [2.05, 4.69) is 4.74 Å². The fourth-order valence-electron chi connectivity index (χ4n) is 0.451. The lowest BCUT2D eigenvalue weighted by Crippen LogP contribution is -2.11. The lowest BCUT2D eigenvalue weighted by Gasteiger charge is -1.74. The third kappa shape index (κ3) is 0.783. The van der Waals surface area contributed by atoms with Crippen molar-refractivity contribution >= 4 is 5.78 Å². The second-order valence-corrected chi connectivity index (χ2v) is 1.63. The molecule has 1 rings (SSSR count). The number of hydrogen-bond donors (Lipinski definition) is 1. The quantitative estimate of drug-likeness (QED) is 0.442. The van der Waals surface area contributed by atoms with Gasteiger partial charge in [-0.1, -0.05) is 0 Å². The molecule has 1 aliphatic heterocycles. The molecule has 0 spiro atoms. The predicted molar refractivity (Wildman–Crippen MR) is 23.5 cm³/mol. The van der Waals surface area contributed by atoms with Gasteiger partial charge in [0.15, 0.2) is 11.9 Å². The average molecular weight is 101 g/mol. The molecule has 2 atom stereocenters. The van der Waals surface area contributed by atoms with Crippen LogP contribution >= 0.6 is 0 Å². The van der Waals surface area contributed by atoms with Gasteiger partial charge in [0, 0.05) is 0 Å². The first-order valence-electron chi connectivity index (χ1n) is 2.13. The summed E-state index contributed by atoms with van der Waals surface area (Å²) in [5.74, 6) is 0.0208. The smallest absolute Gasteiger partial charge is 0.162 e. The highest BCUT2D eigenvalue weighted by Crippen LogP contribution is 2.15. The summed E-state index contributed by atoms with van der Waals surface area (Å²) < 4.78 is 4.61. The Hall–Kier alpha value is -0.410. The van der Waals surface area contributed by atoms with Crippen molar-refractivity contribution in [2.24, 2.45) is 5.73 Å². The second-order valence-electron chi connectivity index (χ2n) is 1.63. The highest BCUT2D eigenvalue weighted by molar-refractivity contribution is 5.83. The van der Waals surface area contributed by atoms with Crippen LogP contribution in [0.25, 0.3) is 0 Å². The molecule has 0 radical (unpaired) electrons. The van der Waals surface area contributed by atoms with Crippen molar-refractivity contribution in [3.8, 4) is 0 Å². The number of carbonyl (C=O) groups excluding carboxylic acids is 1. The van der Waals surface area contributed by atoms with Crippen LogP contribution in [0.2, 0.25) is 0 Å². The van der Waals surface area contributed by atoms with E-state index in [1.807, 2.05) is 0 Å². The van der Waals surface area contributed by atoms with Crippen molar-refractivity contribution in [1.29, 1.82) is 0 Å². The van der Waals surface area contributed by atoms with Crippen LogP contribution in [0, 0.1) is 0 Å². The zero-order valence-electron chi connectivity index (χ0n) is 4.05. The molecule has 7 heavy (non-hydrogen) atoms. The van der Waals surface area contributed by atoms with E-state index in [1.165, 1.54) is 6.92 Å². The normalized spacial score (nSPS) is 38.0. The Kier molecular flexibility index (Phi) is 0.867. The Morgan fingerprint density at radius 1 is 1.86 bits per heavy atom. The summed E-state index contributed by atoms with van der Waals surface area (Å²) in [6.45, 7) is 1.47. The van der Waals surface area contributed by atoms with Crippen molar-refractivity contribution in [3.05, 3.63) is 0 Å². The maximum absolute atomic E-state index is 10.2. The van der Waals surface area contributed by atoms with E-state index in [4.69, 9.17) is 5.73 Å². The van der Waals surface area contributed by atoms with E-state index < -0.39 is 0 Å². The molecule has 1 heterocycles. The maximum atomic E-state index is 10.2. The minimum atomic E-state index is -0.308. The van der Waals surface area contributed by atoms with Crippen LogP contribution in [-0.4, -0.2) is 18.1 Å². The van der Waals surface area contributed by atoms with Gasteiger partial charge in [-0.05, 0) is 6.92 Å². The Morgan fingerprint density at radius 2 is 2.29 bits per heavy atom. The summed E-state index contributed by atoms with van der Waals surface area (Å²) >= 11 is 0. The van der Waals surface area contributed by atoms with Crippen LogP contribution in [0.15, 0.2) is 0 Å². The van der Waals surface area contributed by atoms with Gasteiger partial charge in [-0.25, -0.2) is 0 Å². The summed E-state index contributed by atoms with van der Waals surface area (Å²) in [7, 11) is 0. The minimum absolute atomic E-state index is 0.0208. The van der Waals surface area contributed by atoms with Gasteiger partial charge >= 0.3 is 0 Å². The van der Waals surface area contributed by atoms with Crippen LogP contribution in [0.5, 0.6) is 0 Å². The molecule has 3 heteroatoms. The number of nitrogens with two attached hydrogens (primary N) is 1. The molecule has 1 fully saturated rings. The van der Waals surface area contributed by atoms with Gasteiger partial charge in [0.1, 0.15) is 6.23 Å². The molecule has 0 aromatic carbocycles. The zero-order chi connectivity index (χ0) is 5.44. The summed E-state index contributed by atoms with van der Waals surface area (Å²) in [6, 6.07) is 0. The Morgan fingerprint density at radius 3 is 2.29 bits per heavy atom. The zero-order valence-corrected chi connectivity index (χ0v) is 4.05. The third-order valence-corrected chi connectivity index (χ3v) is 0.926. The molecule has 3 nitrogen and oxygen atoms in total. The minimum Gasteiger partial charge on any atom is -0.345 e. The summed E-state index contributed by atoms with van der Waals surface area (Å²) in [4.78, 5) is 10.2. The van der Waals surface area contributed by atoms with E-state index in [0.717, 1.165) is 0 Å². The molecule has 1 aliphatic rings. The molecule has 0 aromatic rings. The predicted octanol–water partition coefficient (Wildman–Crippen LogP) is -0.741. The molecule has 2 unspecified atom stereocenters. The van der Waals surface area contributed by atoms with Crippen LogP contribution in [0.1, 0.15) is 6.92 Å². The maximum Gasteiger partial charge on any atom is 0.162 e. The molecule has 0 amide bonds. The van der Waals surface area contributed by atoms with Crippen molar-refractivity contribution in [3.63, 3.8) is 0 Å². The highest BCUT2D eigenvalue weighted by atomic mass is 16.6. The molecular formula is C4H7NO2. The molecule has 0 saturated carbocycles. The fraction of sp³-hybridized carbons (Fsp3) is 0.750. The molecule has 40 valence electrons. The van der Waals surface area contributed by atoms with Crippen molar-refractivity contribution in [2.75, 3.05) is 0 Å². The Bertz CT molecular complexity index is 102. The third-order valence-electron chi connectivity index (χ3n) is 0.926. The van der Waals surface area contributed by atoms with Crippen LogP contribution < -0.4 is 5.73 Å². The number of hydrogen-bond acceptors (Lipinski definition) is 3. The number of rotatable bonds is 1. The van der Waals surface area contributed by atoms with Gasteiger partial charge in [-0.15, -0.1) is 0 Å². The number of ether oxygens (including phenoxy) is 1. The molecule has 1 saturated heterocycles. The summed E-state index contributed by atoms with van der Waals surface area (Å²) in [6.07, 6.45) is -0.600. The van der Waals surface area contributed by atoms with Gasteiger partial charge in [0.2, 0.25) is 0 Å². The topological polar surface area (TPSA) is 55.6 Å². The molecule has 0 bridgehead atoms. The lowest BCUT2D eigenvalue weighted by molar-refractivity contribution is -0.118. The molecule has 0 aromatic heterocycles. The molecular weight excluding hydrogens is 94.0 g/mol. The first kappa shape index (κ1) is 4.74. The number of Topliss-reactive ketones (excluding diaryl/α,β-unsaturated/α-hetero) is 1. The van der Waals surface area contributed by atoms with E-state index in [1.54, 1.807) is 0 Å². The van der Waals surface area contributed by atoms with Gasteiger partial charge < -0.3 is 10.5 Å². The van der Waals surface area contributed by atoms with Crippen LogP contribution in [-0.2, 0) is 9.53 Å². The van der Waals surface area contributed by atoms with Crippen LogP contribution in [0.4, 0.5) is 0 Å². The first-order valence-corrected chi connectivity index (χ1v) is 2.13. The summed E-state index contributed by atoms with van der Waals surface area (Å²) in [5, 5.41) is 0. The van der Waals surface area contributed by atoms with Gasteiger partial charge in [-0.2, -0.15) is 0 Å². The van der Waals surface area contributed by atoms with E-state index >= 15 is 0 Å². The monoisotopic (exact) mass is 101 g/mol. The van der Waals surface area contributed by atoms with E-state index in [0.29, 0.717) is 0 Å². The van der Waals surface area contributed by atoms with Crippen molar-refractivity contribution < 1.29 is 9.53 Å². The van der Waals surface area contributed by atoms with Crippen LogP contribution in [0.3, 0.4) is 0 Å². The van der Waals surface area contributed by atoms with Gasteiger partial charge in [-0.3, -0.25) is 4.79 Å². The van der Waals surface area contributed by atoms with Gasteiger partial charge in [0.05, 0.1) is 0 Å². The summed E-state index contributed by atoms with van der Waals surface area (Å²) in [5.41, 5.74) is 5.12. The fourth-order valence-corrected chi connectivity index (χ4v) is 0.451. The van der Waals surface area contributed by atoms with Crippen molar-refractivity contribution in [2.45, 2.75) is 19.3 Å². The van der Waals surface area contributed by atoms with Crippen molar-refractivity contribution in [1.82, 2.24) is 0 Å². The standard InChI is InChI=1S/C4H7NO2/c1-2(6)3-4(5)7-3/h3-4H,5H2,1H3. The van der Waals surface area contributed by atoms with Gasteiger partial charge in [0.25, 0.3) is 0 Å². The lowest BCUT2D eigenvalue weighted by atomic mass is 10.3. The Labute approximate surface area is 41.4 Å². The number of ketones is 1. The molecule has 0 aliphatic carbocycles. The average Bonchev–Trinajstić information content (AvgIpc) is 2.17. The van der Waals surface area contributed by atoms with E-state index in [-0.39, 0.29) is 18.1 Å². The number of carbonyl (C=O) groups is 1. The largest absolute Gasteiger partial charge is 0.345 e. The van der Waals surface area contributed by atoms with E-state index in [9.17, 15) is 4.79 Å². The Balaban J connectivity index is 2.33. The first-order chi connectivity index (χ1) is 3.22. The second kappa shape index (κ2) is 1.28. The highest BCUT2D eigenvalue weighted by Gasteiger charge is 2.39. The number of epoxide rings is 1. The SMILES string of the molecule is CC(=O)C1OC1N.